The molecule has 0 amide bonds. The third-order valence-electron chi connectivity index (χ3n) is 3.59. The van der Waals surface area contributed by atoms with Crippen LogP contribution in [-0.4, -0.2) is 0 Å². The molecule has 2 aromatic rings. The van der Waals surface area contributed by atoms with Crippen LogP contribution in [0.25, 0.3) is 6.08 Å². The van der Waals surface area contributed by atoms with E-state index in [1.165, 1.54) is 33.5 Å². The molecule has 96 valence electrons. The smallest absolute Gasteiger partial charge is 0.0701 e. The van der Waals surface area contributed by atoms with Gasteiger partial charge in [-0.25, -0.2) is 0 Å². The predicted octanol–water partition coefficient (Wildman–Crippen LogP) is 4.79. The van der Waals surface area contributed by atoms with Crippen molar-refractivity contribution in [3.05, 3.63) is 70.3 Å². The summed E-state index contributed by atoms with van der Waals surface area (Å²) >= 11 is 0. The minimum Gasteiger partial charge on any atom is -0.374 e. The first-order chi connectivity index (χ1) is 9.11. The first-order valence-electron chi connectivity index (χ1n) is 6.75. The number of hydrogen-bond acceptors (Lipinski definition) is 1. The van der Waals surface area contributed by atoms with Crippen molar-refractivity contribution in [3.8, 4) is 0 Å². The highest BCUT2D eigenvalue weighted by atomic mass is 14.9. The van der Waals surface area contributed by atoms with Crippen LogP contribution in [0.4, 0.5) is 5.69 Å². The molecule has 1 heteroatoms. The van der Waals surface area contributed by atoms with Crippen LogP contribution in [0.5, 0.6) is 0 Å². The monoisotopic (exact) mass is 249 g/mol. The number of aryl methyl sites for hydroxylation is 3. The zero-order chi connectivity index (χ0) is 13.4. The van der Waals surface area contributed by atoms with Gasteiger partial charge in [0.05, 0.1) is 6.04 Å². The Morgan fingerprint density at radius 1 is 0.842 bits per heavy atom. The molecule has 0 radical (unpaired) electrons. The maximum Gasteiger partial charge on any atom is 0.0701 e. The summed E-state index contributed by atoms with van der Waals surface area (Å²) in [4.78, 5) is 0. The average molecular weight is 249 g/mol. The topological polar surface area (TPSA) is 12.0 Å². The predicted molar refractivity (Wildman–Crippen MR) is 82.5 cm³/mol. The van der Waals surface area contributed by atoms with E-state index in [9.17, 15) is 0 Å². The Hall–Kier alpha value is -2.02. The Morgan fingerprint density at radius 2 is 1.58 bits per heavy atom. The van der Waals surface area contributed by atoms with Gasteiger partial charge in [0.1, 0.15) is 0 Å². The quantitative estimate of drug-likeness (QED) is 0.766. The SMILES string of the molecule is Cc1cc(C)cc(C2C=Cc3ccc(C)cc3N2)c1. The lowest BCUT2D eigenvalue weighted by Gasteiger charge is -2.23. The Morgan fingerprint density at radius 3 is 2.32 bits per heavy atom. The third-order valence-corrected chi connectivity index (χ3v) is 3.59. The van der Waals surface area contributed by atoms with Gasteiger partial charge < -0.3 is 5.32 Å². The molecule has 1 atom stereocenters. The Bertz CT molecular complexity index is 632. The van der Waals surface area contributed by atoms with Gasteiger partial charge in [-0.15, -0.1) is 0 Å². The van der Waals surface area contributed by atoms with Crippen LogP contribution >= 0.6 is 0 Å². The second-order valence-electron chi connectivity index (χ2n) is 5.49. The molecule has 1 N–H and O–H groups in total. The molecule has 0 spiro atoms. The summed E-state index contributed by atoms with van der Waals surface area (Å²) in [5, 5.41) is 3.62. The van der Waals surface area contributed by atoms with Gasteiger partial charge in [0.25, 0.3) is 0 Å². The van der Waals surface area contributed by atoms with Crippen LogP contribution in [0.3, 0.4) is 0 Å². The number of rotatable bonds is 1. The fraction of sp³-hybridized carbons (Fsp3) is 0.222. The largest absolute Gasteiger partial charge is 0.374 e. The molecule has 3 rings (SSSR count). The van der Waals surface area contributed by atoms with Gasteiger partial charge in [0, 0.05) is 5.69 Å². The first-order valence-corrected chi connectivity index (χ1v) is 6.75. The number of nitrogens with one attached hydrogen (secondary N) is 1. The van der Waals surface area contributed by atoms with Gasteiger partial charge in [0.15, 0.2) is 0 Å². The molecule has 0 fully saturated rings. The van der Waals surface area contributed by atoms with Crippen molar-refractivity contribution in [2.75, 3.05) is 5.32 Å². The second kappa shape index (κ2) is 4.58. The van der Waals surface area contributed by atoms with Crippen molar-refractivity contribution in [1.29, 1.82) is 0 Å². The molecule has 1 aliphatic rings. The fourth-order valence-corrected chi connectivity index (χ4v) is 2.74. The fourth-order valence-electron chi connectivity index (χ4n) is 2.74. The maximum atomic E-state index is 3.62. The van der Waals surface area contributed by atoms with E-state index in [4.69, 9.17) is 0 Å². The molecule has 1 aliphatic heterocycles. The maximum absolute atomic E-state index is 3.62. The number of benzene rings is 2. The highest BCUT2D eigenvalue weighted by Gasteiger charge is 2.14. The Kier molecular flexibility index (Phi) is 2.90. The van der Waals surface area contributed by atoms with Gasteiger partial charge in [-0.1, -0.05) is 53.6 Å². The summed E-state index contributed by atoms with van der Waals surface area (Å²) < 4.78 is 0. The molecular formula is C18H19N. The van der Waals surface area contributed by atoms with Crippen molar-refractivity contribution in [2.45, 2.75) is 26.8 Å². The summed E-state index contributed by atoms with van der Waals surface area (Å²) in [6.07, 6.45) is 4.46. The van der Waals surface area contributed by atoms with Crippen LogP contribution in [0.15, 0.2) is 42.5 Å². The molecule has 0 aliphatic carbocycles. The van der Waals surface area contributed by atoms with Crippen LogP contribution in [0.1, 0.15) is 33.9 Å². The first kappa shape index (κ1) is 12.0. The Balaban J connectivity index is 1.97. The summed E-state index contributed by atoms with van der Waals surface area (Å²) in [6, 6.07) is 13.6. The van der Waals surface area contributed by atoms with E-state index >= 15 is 0 Å². The van der Waals surface area contributed by atoms with Crippen LogP contribution < -0.4 is 5.32 Å². The van der Waals surface area contributed by atoms with Gasteiger partial charge in [-0.3, -0.25) is 0 Å². The van der Waals surface area contributed by atoms with Crippen LogP contribution in [0.2, 0.25) is 0 Å². The van der Waals surface area contributed by atoms with E-state index in [-0.39, 0.29) is 6.04 Å². The minimum absolute atomic E-state index is 0.271. The van der Waals surface area contributed by atoms with Crippen LogP contribution in [0, 0.1) is 20.8 Å². The number of hydrogen-bond donors (Lipinski definition) is 1. The van der Waals surface area contributed by atoms with E-state index in [1.54, 1.807) is 0 Å². The van der Waals surface area contributed by atoms with E-state index in [0.717, 1.165) is 0 Å². The van der Waals surface area contributed by atoms with Crippen LogP contribution in [-0.2, 0) is 0 Å². The van der Waals surface area contributed by atoms with Crippen molar-refractivity contribution < 1.29 is 0 Å². The third kappa shape index (κ3) is 2.41. The lowest BCUT2D eigenvalue weighted by atomic mass is 9.96. The zero-order valence-electron chi connectivity index (χ0n) is 11.7. The molecule has 0 bridgehead atoms. The molecule has 1 heterocycles. The zero-order valence-corrected chi connectivity index (χ0v) is 11.7. The highest BCUT2D eigenvalue weighted by Crippen LogP contribution is 2.31. The summed E-state index contributed by atoms with van der Waals surface area (Å²) in [5.74, 6) is 0. The van der Waals surface area contributed by atoms with Gasteiger partial charge >= 0.3 is 0 Å². The molecule has 0 aromatic heterocycles. The van der Waals surface area contributed by atoms with Crippen molar-refractivity contribution in [3.63, 3.8) is 0 Å². The molecular weight excluding hydrogens is 230 g/mol. The van der Waals surface area contributed by atoms with E-state index in [0.29, 0.717) is 0 Å². The van der Waals surface area contributed by atoms with Crippen molar-refractivity contribution in [1.82, 2.24) is 0 Å². The minimum atomic E-state index is 0.271. The van der Waals surface area contributed by atoms with E-state index in [2.05, 4.69) is 74.6 Å². The van der Waals surface area contributed by atoms with E-state index in [1.807, 2.05) is 0 Å². The average Bonchev–Trinajstić information content (AvgIpc) is 2.36. The van der Waals surface area contributed by atoms with Crippen molar-refractivity contribution >= 4 is 11.8 Å². The standard InChI is InChI=1S/C18H19N/c1-12-4-5-15-6-7-17(19-18(15)11-12)16-9-13(2)8-14(3)10-16/h4-11,17,19H,1-3H3. The molecule has 1 unspecified atom stereocenters. The van der Waals surface area contributed by atoms with Crippen molar-refractivity contribution in [2.24, 2.45) is 0 Å². The normalized spacial score (nSPS) is 16.9. The molecule has 1 nitrogen and oxygen atoms in total. The molecule has 2 aromatic carbocycles. The van der Waals surface area contributed by atoms with Gasteiger partial charge in [-0.05, 0) is 43.5 Å². The molecule has 19 heavy (non-hydrogen) atoms. The lowest BCUT2D eigenvalue weighted by Crippen LogP contribution is -2.12. The number of fused-ring (bicyclic) bond motifs is 1. The molecule has 0 saturated carbocycles. The summed E-state index contributed by atoms with van der Waals surface area (Å²) in [7, 11) is 0. The summed E-state index contributed by atoms with van der Waals surface area (Å²) in [6.45, 7) is 6.44. The Labute approximate surface area is 115 Å². The number of anilines is 1. The lowest BCUT2D eigenvalue weighted by molar-refractivity contribution is 0.971. The molecule has 0 saturated heterocycles. The van der Waals surface area contributed by atoms with E-state index < -0.39 is 0 Å². The second-order valence-corrected chi connectivity index (χ2v) is 5.49. The summed E-state index contributed by atoms with van der Waals surface area (Å²) in [5.41, 5.74) is 7.76. The van der Waals surface area contributed by atoms with Gasteiger partial charge in [0.2, 0.25) is 0 Å². The van der Waals surface area contributed by atoms with Gasteiger partial charge in [-0.2, -0.15) is 0 Å². The highest BCUT2D eigenvalue weighted by molar-refractivity contribution is 5.72.